The fourth-order valence-electron chi connectivity index (χ4n) is 2.85. The van der Waals surface area contributed by atoms with Crippen LogP contribution < -0.4 is 10.1 Å². The van der Waals surface area contributed by atoms with Crippen LogP contribution in [0.2, 0.25) is 0 Å². The zero-order valence-corrected chi connectivity index (χ0v) is 16.1. The molecule has 2 aromatic rings. The van der Waals surface area contributed by atoms with Crippen LogP contribution in [0.25, 0.3) is 0 Å². The van der Waals surface area contributed by atoms with Crippen LogP contribution in [0.15, 0.2) is 29.6 Å². The van der Waals surface area contributed by atoms with E-state index in [0.717, 1.165) is 22.0 Å². The third-order valence-electron chi connectivity index (χ3n) is 4.32. The molecule has 1 saturated heterocycles. The van der Waals surface area contributed by atoms with Crippen LogP contribution in [0.5, 0.6) is 5.75 Å². The zero-order valence-electron chi connectivity index (χ0n) is 15.3. The number of urea groups is 1. The lowest BCUT2D eigenvalue weighted by molar-refractivity contribution is -0.274. The standard InChI is InChI=1S/C18H18F3N3O3S/c1-10(2)14-22-12(9-28-14)8-24-15(25)17(3,23-16(24)26)11-4-6-13(7-5-11)27-18(19,20)21/h4-7,9-10H,8H2,1-3H3,(H,23,26). The van der Waals surface area contributed by atoms with Gasteiger partial charge in [0.25, 0.3) is 5.91 Å². The van der Waals surface area contributed by atoms with Gasteiger partial charge in [0.1, 0.15) is 11.3 Å². The largest absolute Gasteiger partial charge is 0.573 e. The molecular formula is C18H18F3N3O3S. The molecule has 1 aromatic heterocycles. The number of carbonyl (C=O) groups excluding carboxylic acids is 2. The SMILES string of the molecule is CC(C)c1nc(CN2C(=O)NC(C)(c3ccc(OC(F)(F)F)cc3)C2=O)cs1. The number of hydrogen-bond acceptors (Lipinski definition) is 5. The van der Waals surface area contributed by atoms with Gasteiger partial charge in [0, 0.05) is 11.3 Å². The van der Waals surface area contributed by atoms with Crippen LogP contribution in [0.3, 0.4) is 0 Å². The average Bonchev–Trinajstić information content (AvgIpc) is 3.14. The first-order chi connectivity index (χ1) is 13.0. The maximum atomic E-state index is 12.9. The minimum atomic E-state index is -4.80. The number of thiazole rings is 1. The molecule has 1 fully saturated rings. The molecule has 3 rings (SSSR count). The molecule has 1 aliphatic rings. The number of carbonyl (C=O) groups is 2. The number of amides is 3. The van der Waals surface area contributed by atoms with Gasteiger partial charge in [0.15, 0.2) is 0 Å². The number of nitrogens with zero attached hydrogens (tertiary/aromatic N) is 2. The number of benzene rings is 1. The molecule has 3 amide bonds. The second-order valence-electron chi connectivity index (χ2n) is 6.85. The van der Waals surface area contributed by atoms with E-state index in [2.05, 4.69) is 15.0 Å². The Morgan fingerprint density at radius 1 is 1.25 bits per heavy atom. The summed E-state index contributed by atoms with van der Waals surface area (Å²) in [7, 11) is 0. The third kappa shape index (κ3) is 3.96. The summed E-state index contributed by atoms with van der Waals surface area (Å²) < 4.78 is 40.7. The molecule has 1 atom stereocenters. The van der Waals surface area contributed by atoms with Crippen molar-refractivity contribution in [1.82, 2.24) is 15.2 Å². The van der Waals surface area contributed by atoms with Gasteiger partial charge in [0.2, 0.25) is 0 Å². The Balaban J connectivity index is 1.79. The summed E-state index contributed by atoms with van der Waals surface area (Å²) in [5.74, 6) is -0.664. The Morgan fingerprint density at radius 3 is 2.43 bits per heavy atom. The summed E-state index contributed by atoms with van der Waals surface area (Å²) in [6, 6.07) is 4.27. The van der Waals surface area contributed by atoms with Gasteiger partial charge < -0.3 is 10.1 Å². The molecule has 28 heavy (non-hydrogen) atoms. The van der Waals surface area contributed by atoms with Crippen molar-refractivity contribution in [3.63, 3.8) is 0 Å². The normalized spacial score (nSPS) is 20.0. The molecule has 0 bridgehead atoms. The maximum absolute atomic E-state index is 12.9. The molecule has 0 aliphatic carbocycles. The van der Waals surface area contributed by atoms with E-state index in [9.17, 15) is 22.8 Å². The lowest BCUT2D eigenvalue weighted by Gasteiger charge is -2.22. The number of halogens is 3. The molecule has 6 nitrogen and oxygen atoms in total. The molecule has 2 heterocycles. The van der Waals surface area contributed by atoms with Gasteiger partial charge in [0.05, 0.1) is 17.2 Å². The quantitative estimate of drug-likeness (QED) is 0.748. The Bertz CT molecular complexity index is 895. The zero-order chi connectivity index (χ0) is 20.7. The fourth-order valence-corrected chi connectivity index (χ4v) is 3.67. The van der Waals surface area contributed by atoms with Crippen molar-refractivity contribution in [2.45, 2.75) is 45.1 Å². The van der Waals surface area contributed by atoms with E-state index in [1.165, 1.54) is 30.4 Å². The lowest BCUT2D eigenvalue weighted by atomic mass is 9.92. The monoisotopic (exact) mass is 413 g/mol. The highest BCUT2D eigenvalue weighted by atomic mass is 32.1. The van der Waals surface area contributed by atoms with Crippen molar-refractivity contribution >= 4 is 23.3 Å². The van der Waals surface area contributed by atoms with Crippen LogP contribution in [-0.2, 0) is 16.9 Å². The average molecular weight is 413 g/mol. The summed E-state index contributed by atoms with van der Waals surface area (Å²) in [5.41, 5.74) is -0.426. The number of imide groups is 1. The predicted octanol–water partition coefficient (Wildman–Crippen LogP) is 4.13. The second kappa shape index (κ2) is 7.08. The first-order valence-corrected chi connectivity index (χ1v) is 9.32. The number of nitrogens with one attached hydrogen (secondary N) is 1. The minimum absolute atomic E-state index is 0.0265. The van der Waals surface area contributed by atoms with Crippen molar-refractivity contribution < 1.29 is 27.5 Å². The lowest BCUT2D eigenvalue weighted by Crippen LogP contribution is -2.40. The third-order valence-corrected chi connectivity index (χ3v) is 5.52. The second-order valence-corrected chi connectivity index (χ2v) is 7.74. The Hall–Kier alpha value is -2.62. The van der Waals surface area contributed by atoms with Crippen LogP contribution >= 0.6 is 11.3 Å². The van der Waals surface area contributed by atoms with Crippen molar-refractivity contribution in [1.29, 1.82) is 0 Å². The topological polar surface area (TPSA) is 71.5 Å². The van der Waals surface area contributed by atoms with Crippen LogP contribution in [0.4, 0.5) is 18.0 Å². The molecule has 150 valence electrons. The van der Waals surface area contributed by atoms with Gasteiger partial charge in [-0.3, -0.25) is 9.69 Å². The minimum Gasteiger partial charge on any atom is -0.406 e. The highest BCUT2D eigenvalue weighted by Gasteiger charge is 2.49. The molecular weight excluding hydrogens is 395 g/mol. The maximum Gasteiger partial charge on any atom is 0.573 e. The summed E-state index contributed by atoms with van der Waals surface area (Å²) in [5, 5.41) is 5.32. The van der Waals surface area contributed by atoms with Crippen LogP contribution in [0, 0.1) is 0 Å². The van der Waals surface area contributed by atoms with Crippen molar-refractivity contribution in [3.8, 4) is 5.75 Å². The molecule has 10 heteroatoms. The molecule has 1 N–H and O–H groups in total. The Morgan fingerprint density at radius 2 is 1.89 bits per heavy atom. The molecule has 0 radical (unpaired) electrons. The van der Waals surface area contributed by atoms with Gasteiger partial charge in [-0.15, -0.1) is 24.5 Å². The Kier molecular flexibility index (Phi) is 5.09. The number of hydrogen-bond donors (Lipinski definition) is 1. The first kappa shape index (κ1) is 20.1. The highest BCUT2D eigenvalue weighted by molar-refractivity contribution is 7.09. The number of ether oxygens (including phenoxy) is 1. The fraction of sp³-hybridized carbons (Fsp3) is 0.389. The summed E-state index contributed by atoms with van der Waals surface area (Å²) in [4.78, 5) is 30.8. The van der Waals surface area contributed by atoms with Crippen molar-refractivity contribution in [2.75, 3.05) is 0 Å². The highest BCUT2D eigenvalue weighted by Crippen LogP contribution is 2.32. The van der Waals surface area contributed by atoms with Gasteiger partial charge in [-0.2, -0.15) is 0 Å². The molecule has 0 saturated carbocycles. The summed E-state index contributed by atoms with van der Waals surface area (Å²) in [6.07, 6.45) is -4.80. The van der Waals surface area contributed by atoms with E-state index in [1.807, 2.05) is 13.8 Å². The van der Waals surface area contributed by atoms with Crippen LogP contribution in [-0.4, -0.2) is 28.2 Å². The van der Waals surface area contributed by atoms with E-state index < -0.39 is 29.6 Å². The number of alkyl halides is 3. The molecule has 1 aromatic carbocycles. The number of aromatic nitrogens is 1. The predicted molar refractivity (Wildman–Crippen MR) is 95.8 cm³/mol. The molecule has 1 unspecified atom stereocenters. The van der Waals surface area contributed by atoms with Gasteiger partial charge in [-0.1, -0.05) is 26.0 Å². The first-order valence-electron chi connectivity index (χ1n) is 8.44. The van der Waals surface area contributed by atoms with Crippen LogP contribution in [0.1, 0.15) is 43.0 Å². The van der Waals surface area contributed by atoms with E-state index in [1.54, 1.807) is 5.38 Å². The Labute approximate surface area is 163 Å². The number of rotatable bonds is 5. The van der Waals surface area contributed by atoms with Crippen molar-refractivity contribution in [3.05, 3.63) is 45.9 Å². The molecule has 1 aliphatic heterocycles. The van der Waals surface area contributed by atoms with Gasteiger partial charge in [-0.25, -0.2) is 9.78 Å². The van der Waals surface area contributed by atoms with Crippen molar-refractivity contribution in [2.24, 2.45) is 0 Å². The van der Waals surface area contributed by atoms with Gasteiger partial charge in [-0.05, 0) is 24.6 Å². The van der Waals surface area contributed by atoms with E-state index in [-0.39, 0.29) is 12.5 Å². The smallest absolute Gasteiger partial charge is 0.406 e. The van der Waals surface area contributed by atoms with E-state index >= 15 is 0 Å². The summed E-state index contributed by atoms with van der Waals surface area (Å²) in [6.45, 7) is 5.53. The van der Waals surface area contributed by atoms with E-state index in [0.29, 0.717) is 11.3 Å². The molecule has 0 spiro atoms. The summed E-state index contributed by atoms with van der Waals surface area (Å²) >= 11 is 1.46. The van der Waals surface area contributed by atoms with E-state index in [4.69, 9.17) is 0 Å². The van der Waals surface area contributed by atoms with Gasteiger partial charge >= 0.3 is 12.4 Å².